The number of carbonyl (C=O) groups excluding carboxylic acids is 1. The Hall–Kier alpha value is -0.410. The number of hydrogen-bond donors (Lipinski definition) is 1. The number of carbonyl (C=O) groups is 1. The lowest BCUT2D eigenvalue weighted by molar-refractivity contribution is -0.123. The van der Waals surface area contributed by atoms with Crippen LogP contribution in [0.2, 0.25) is 0 Å². The Morgan fingerprint density at radius 1 is 1.75 bits per heavy atom. The summed E-state index contributed by atoms with van der Waals surface area (Å²) in [5, 5.41) is 0. The minimum absolute atomic E-state index is 0.0494. The topological polar surface area (TPSA) is 52.3 Å². The summed E-state index contributed by atoms with van der Waals surface area (Å²) >= 11 is 0. The fraction of sp³-hybridized carbons (Fsp3) is 0.800. The standard InChI is InChI=1S/C5H11NO2/c1-2-3-5(7)4-8-6/h2-4,6H2,1H3. The van der Waals surface area contributed by atoms with Crippen molar-refractivity contribution in [3.8, 4) is 0 Å². The predicted octanol–water partition coefficient (Wildman–Crippen LogP) is 0.246. The van der Waals surface area contributed by atoms with Gasteiger partial charge in [-0.3, -0.25) is 9.63 Å². The van der Waals surface area contributed by atoms with Crippen molar-refractivity contribution in [2.24, 2.45) is 5.90 Å². The molecule has 0 spiro atoms. The average Bonchev–Trinajstić information content (AvgIpc) is 1.68. The molecule has 0 fully saturated rings. The summed E-state index contributed by atoms with van der Waals surface area (Å²) in [7, 11) is 0. The second-order valence-corrected chi connectivity index (χ2v) is 1.60. The van der Waals surface area contributed by atoms with Crippen molar-refractivity contribution < 1.29 is 9.63 Å². The summed E-state index contributed by atoms with van der Waals surface area (Å²) in [6.07, 6.45) is 1.43. The fourth-order valence-corrected chi connectivity index (χ4v) is 0.444. The van der Waals surface area contributed by atoms with Crippen molar-refractivity contribution in [2.75, 3.05) is 6.61 Å². The van der Waals surface area contributed by atoms with Crippen molar-refractivity contribution in [3.63, 3.8) is 0 Å². The van der Waals surface area contributed by atoms with Gasteiger partial charge in [-0.2, -0.15) is 0 Å². The highest BCUT2D eigenvalue weighted by atomic mass is 16.6. The first-order valence-corrected chi connectivity index (χ1v) is 2.64. The lowest BCUT2D eigenvalue weighted by Crippen LogP contribution is -2.11. The van der Waals surface area contributed by atoms with Crippen molar-refractivity contribution >= 4 is 5.78 Å². The number of rotatable bonds is 4. The van der Waals surface area contributed by atoms with E-state index >= 15 is 0 Å². The summed E-state index contributed by atoms with van der Waals surface area (Å²) in [5.41, 5.74) is 0. The van der Waals surface area contributed by atoms with Gasteiger partial charge in [0.2, 0.25) is 0 Å². The van der Waals surface area contributed by atoms with Crippen LogP contribution < -0.4 is 5.90 Å². The molecule has 2 N–H and O–H groups in total. The molecule has 8 heavy (non-hydrogen) atoms. The molecule has 3 heteroatoms. The van der Waals surface area contributed by atoms with Crippen molar-refractivity contribution in [3.05, 3.63) is 0 Å². The van der Waals surface area contributed by atoms with Gasteiger partial charge in [-0.15, -0.1) is 0 Å². The molecule has 0 amide bonds. The summed E-state index contributed by atoms with van der Waals surface area (Å²) in [5.74, 6) is 4.70. The normalized spacial score (nSPS) is 9.25. The minimum Gasteiger partial charge on any atom is -0.297 e. The SMILES string of the molecule is CCCC(=O)CON. The Labute approximate surface area is 48.8 Å². The van der Waals surface area contributed by atoms with Gasteiger partial charge >= 0.3 is 0 Å². The van der Waals surface area contributed by atoms with E-state index in [1.165, 1.54) is 0 Å². The molecular formula is C5H11NO2. The fourth-order valence-electron chi connectivity index (χ4n) is 0.444. The summed E-state index contributed by atoms with van der Waals surface area (Å²) < 4.78 is 0. The smallest absolute Gasteiger partial charge is 0.160 e. The van der Waals surface area contributed by atoms with Gasteiger partial charge in [0.15, 0.2) is 5.78 Å². The Balaban J connectivity index is 3.06. The van der Waals surface area contributed by atoms with Gasteiger partial charge in [0.1, 0.15) is 6.61 Å². The number of Topliss-reactive ketones (excluding diaryl/α,β-unsaturated/α-hetero) is 1. The van der Waals surface area contributed by atoms with E-state index in [-0.39, 0.29) is 12.4 Å². The third kappa shape index (κ3) is 3.77. The number of nitrogens with two attached hydrogens (primary N) is 1. The summed E-state index contributed by atoms with van der Waals surface area (Å²) in [6.45, 7) is 1.99. The molecule has 48 valence electrons. The molecule has 0 heterocycles. The zero-order chi connectivity index (χ0) is 6.41. The van der Waals surface area contributed by atoms with E-state index in [9.17, 15) is 4.79 Å². The molecule has 0 saturated heterocycles. The maximum Gasteiger partial charge on any atom is 0.160 e. The van der Waals surface area contributed by atoms with Crippen LogP contribution in [0.4, 0.5) is 0 Å². The molecule has 0 aromatic rings. The third-order valence-electron chi connectivity index (χ3n) is 0.773. The highest BCUT2D eigenvalue weighted by Crippen LogP contribution is 1.87. The first kappa shape index (κ1) is 7.59. The van der Waals surface area contributed by atoms with Crippen molar-refractivity contribution in [1.82, 2.24) is 0 Å². The maximum absolute atomic E-state index is 10.4. The highest BCUT2D eigenvalue weighted by Gasteiger charge is 1.96. The van der Waals surface area contributed by atoms with Crippen LogP contribution in [0.1, 0.15) is 19.8 Å². The monoisotopic (exact) mass is 117 g/mol. The molecule has 0 aliphatic heterocycles. The van der Waals surface area contributed by atoms with Crippen molar-refractivity contribution in [1.29, 1.82) is 0 Å². The molecular weight excluding hydrogens is 106 g/mol. The van der Waals surface area contributed by atoms with Crippen LogP contribution in [0.5, 0.6) is 0 Å². The van der Waals surface area contributed by atoms with E-state index in [0.29, 0.717) is 6.42 Å². The first-order chi connectivity index (χ1) is 3.81. The summed E-state index contributed by atoms with van der Waals surface area (Å²) in [6, 6.07) is 0. The Morgan fingerprint density at radius 3 is 2.75 bits per heavy atom. The largest absolute Gasteiger partial charge is 0.297 e. The van der Waals surface area contributed by atoms with E-state index in [2.05, 4.69) is 10.7 Å². The van der Waals surface area contributed by atoms with E-state index in [0.717, 1.165) is 6.42 Å². The summed E-state index contributed by atoms with van der Waals surface area (Å²) in [4.78, 5) is 14.5. The van der Waals surface area contributed by atoms with Gasteiger partial charge in [-0.1, -0.05) is 6.92 Å². The minimum atomic E-state index is 0.0494. The van der Waals surface area contributed by atoms with Gasteiger partial charge in [0, 0.05) is 6.42 Å². The Morgan fingerprint density at radius 2 is 2.38 bits per heavy atom. The van der Waals surface area contributed by atoms with E-state index in [4.69, 9.17) is 0 Å². The second-order valence-electron chi connectivity index (χ2n) is 1.60. The van der Waals surface area contributed by atoms with Crippen LogP contribution in [-0.2, 0) is 9.63 Å². The molecule has 0 aliphatic rings. The zero-order valence-electron chi connectivity index (χ0n) is 5.02. The average molecular weight is 117 g/mol. The van der Waals surface area contributed by atoms with Crippen LogP contribution in [0.25, 0.3) is 0 Å². The van der Waals surface area contributed by atoms with E-state index in [1.807, 2.05) is 6.92 Å². The molecule has 0 aromatic heterocycles. The Bertz CT molecular complexity index is 64.8. The highest BCUT2D eigenvalue weighted by molar-refractivity contribution is 5.79. The van der Waals surface area contributed by atoms with Gasteiger partial charge < -0.3 is 0 Å². The molecule has 0 radical (unpaired) electrons. The van der Waals surface area contributed by atoms with Gasteiger partial charge in [0.25, 0.3) is 0 Å². The maximum atomic E-state index is 10.4. The molecule has 0 saturated carbocycles. The van der Waals surface area contributed by atoms with Crippen LogP contribution >= 0.6 is 0 Å². The molecule has 0 aliphatic carbocycles. The molecule has 3 nitrogen and oxygen atoms in total. The third-order valence-corrected chi connectivity index (χ3v) is 0.773. The van der Waals surface area contributed by atoms with Gasteiger partial charge in [0.05, 0.1) is 0 Å². The molecule has 0 unspecified atom stereocenters. The van der Waals surface area contributed by atoms with Crippen LogP contribution in [0, 0.1) is 0 Å². The van der Waals surface area contributed by atoms with E-state index < -0.39 is 0 Å². The van der Waals surface area contributed by atoms with Crippen LogP contribution in [0.3, 0.4) is 0 Å². The first-order valence-electron chi connectivity index (χ1n) is 2.64. The molecule has 0 bridgehead atoms. The number of hydrogen-bond acceptors (Lipinski definition) is 3. The van der Waals surface area contributed by atoms with Crippen LogP contribution in [0.15, 0.2) is 0 Å². The lowest BCUT2D eigenvalue weighted by Gasteiger charge is -1.92. The molecule has 0 rings (SSSR count). The van der Waals surface area contributed by atoms with E-state index in [1.54, 1.807) is 0 Å². The van der Waals surface area contributed by atoms with Gasteiger partial charge in [-0.05, 0) is 6.42 Å². The predicted molar refractivity (Wildman–Crippen MR) is 30.1 cm³/mol. The second kappa shape index (κ2) is 4.74. The number of ketones is 1. The zero-order valence-corrected chi connectivity index (χ0v) is 5.02. The molecule has 0 aromatic carbocycles. The van der Waals surface area contributed by atoms with Crippen molar-refractivity contribution in [2.45, 2.75) is 19.8 Å². The van der Waals surface area contributed by atoms with Crippen LogP contribution in [-0.4, -0.2) is 12.4 Å². The lowest BCUT2D eigenvalue weighted by atomic mass is 10.2. The van der Waals surface area contributed by atoms with Gasteiger partial charge in [-0.25, -0.2) is 5.90 Å². The quantitative estimate of drug-likeness (QED) is 0.537. The Kier molecular flexibility index (Phi) is 4.50. The molecule has 0 atom stereocenters.